The summed E-state index contributed by atoms with van der Waals surface area (Å²) in [5.41, 5.74) is 2.70. The maximum atomic E-state index is 9.10. The first-order valence-corrected chi connectivity index (χ1v) is 12.1. The summed E-state index contributed by atoms with van der Waals surface area (Å²) in [6, 6.07) is 13.0. The molecule has 1 atom stereocenters. The fraction of sp³-hybridized carbons (Fsp3) is 0.440. The number of carboxylic acids is 2. The maximum absolute atomic E-state index is 9.10. The Kier molecular flexibility index (Phi) is 7.27. The molecular weight excluding hydrogens is 426 g/mol. The molecular formula is C25H29NO5S. The molecule has 3 aromatic rings. The number of carbonyl (C=O) groups is 2. The average Bonchev–Trinajstić information content (AvgIpc) is 3.45. The molecule has 1 fully saturated rings. The molecule has 170 valence electrons. The van der Waals surface area contributed by atoms with Gasteiger partial charge in [-0.3, -0.25) is 0 Å². The van der Waals surface area contributed by atoms with E-state index in [1.807, 2.05) is 11.3 Å². The maximum Gasteiger partial charge on any atom is 0.414 e. The van der Waals surface area contributed by atoms with Crippen molar-refractivity contribution in [2.75, 3.05) is 19.6 Å². The summed E-state index contributed by atoms with van der Waals surface area (Å²) >= 11 is 1.97. The molecule has 1 aromatic carbocycles. The zero-order chi connectivity index (χ0) is 22.5. The lowest BCUT2D eigenvalue weighted by Gasteiger charge is -2.32. The number of likely N-dealkylation sites (tertiary alicyclic amines) is 1. The average molecular weight is 456 g/mol. The second-order valence-electron chi connectivity index (χ2n) is 8.59. The Hall–Kier alpha value is -2.64. The van der Waals surface area contributed by atoms with Gasteiger partial charge in [0.15, 0.2) is 0 Å². The van der Waals surface area contributed by atoms with Gasteiger partial charge < -0.3 is 19.5 Å². The van der Waals surface area contributed by atoms with Crippen molar-refractivity contribution in [2.45, 2.75) is 50.4 Å². The van der Waals surface area contributed by atoms with E-state index in [9.17, 15) is 0 Å². The highest BCUT2D eigenvalue weighted by Crippen LogP contribution is 2.38. The molecule has 7 heteroatoms. The van der Waals surface area contributed by atoms with E-state index in [4.69, 9.17) is 24.2 Å². The second-order valence-corrected chi connectivity index (χ2v) is 9.59. The molecule has 3 heterocycles. The van der Waals surface area contributed by atoms with E-state index in [0.717, 1.165) is 11.5 Å². The van der Waals surface area contributed by atoms with Crippen molar-refractivity contribution in [1.82, 2.24) is 4.90 Å². The largest absolute Gasteiger partial charge is 0.473 e. The number of rotatable bonds is 4. The van der Waals surface area contributed by atoms with Crippen LogP contribution < -0.4 is 0 Å². The molecule has 32 heavy (non-hydrogen) atoms. The van der Waals surface area contributed by atoms with Gasteiger partial charge in [0, 0.05) is 16.2 Å². The summed E-state index contributed by atoms with van der Waals surface area (Å²) in [7, 11) is 0. The predicted octanol–water partition coefficient (Wildman–Crippen LogP) is 5.34. The summed E-state index contributed by atoms with van der Waals surface area (Å²) < 4.78 is 6.11. The number of hydrogen-bond donors (Lipinski definition) is 2. The van der Waals surface area contributed by atoms with E-state index in [-0.39, 0.29) is 0 Å². The Morgan fingerprint density at radius 1 is 1.06 bits per heavy atom. The number of benzene rings is 1. The summed E-state index contributed by atoms with van der Waals surface area (Å²) in [4.78, 5) is 22.5. The molecule has 1 aliphatic heterocycles. The van der Waals surface area contributed by atoms with Crippen LogP contribution in [-0.4, -0.2) is 46.7 Å². The van der Waals surface area contributed by atoms with Crippen LogP contribution in [-0.2, 0) is 16.0 Å². The van der Waals surface area contributed by atoms with Crippen LogP contribution in [0.4, 0.5) is 0 Å². The van der Waals surface area contributed by atoms with Crippen LogP contribution in [0.5, 0.6) is 0 Å². The van der Waals surface area contributed by atoms with Crippen LogP contribution >= 0.6 is 11.3 Å². The Bertz CT molecular complexity index is 1020. The highest BCUT2D eigenvalue weighted by atomic mass is 32.1. The van der Waals surface area contributed by atoms with E-state index in [1.165, 1.54) is 69.3 Å². The van der Waals surface area contributed by atoms with Crippen LogP contribution in [0.15, 0.2) is 46.2 Å². The standard InChI is InChI=1S/C23H27NOS.C2H2O4/c1-2-6-21-19(4-1)16-22(25-21)18-9-13-24(14-10-18)12-8-17-5-3-7-23-20(17)11-15-26-23;3-1(4)2(5)6/h1-2,4,6,11,15-18H,3,5,7-10,12-14H2;(H,3,4)(H,5,6). The quantitative estimate of drug-likeness (QED) is 0.516. The molecule has 0 amide bonds. The lowest BCUT2D eigenvalue weighted by Crippen LogP contribution is -2.34. The third-order valence-corrected chi connectivity index (χ3v) is 7.58. The van der Waals surface area contributed by atoms with Crippen LogP contribution in [0.1, 0.15) is 60.1 Å². The minimum Gasteiger partial charge on any atom is -0.473 e. The first kappa shape index (κ1) is 22.6. The minimum atomic E-state index is -1.82. The number of aliphatic carboxylic acids is 2. The van der Waals surface area contributed by atoms with E-state index in [0.29, 0.717) is 5.92 Å². The minimum absolute atomic E-state index is 0.594. The summed E-state index contributed by atoms with van der Waals surface area (Å²) in [6.07, 6.45) is 7.87. The number of carboxylic acid groups (broad SMARTS) is 2. The van der Waals surface area contributed by atoms with Gasteiger partial charge in [0.25, 0.3) is 0 Å². The topological polar surface area (TPSA) is 91.0 Å². The fourth-order valence-corrected chi connectivity index (χ4v) is 5.88. The molecule has 1 saturated heterocycles. The highest BCUT2D eigenvalue weighted by Gasteiger charge is 2.25. The Morgan fingerprint density at radius 3 is 2.53 bits per heavy atom. The van der Waals surface area contributed by atoms with Crippen LogP contribution in [0.3, 0.4) is 0 Å². The van der Waals surface area contributed by atoms with Crippen molar-refractivity contribution in [1.29, 1.82) is 0 Å². The number of nitrogens with zero attached hydrogens (tertiary/aromatic N) is 1. The number of piperidine rings is 1. The summed E-state index contributed by atoms with van der Waals surface area (Å²) in [5, 5.41) is 18.3. The first-order valence-electron chi connectivity index (χ1n) is 11.2. The van der Waals surface area contributed by atoms with Gasteiger partial charge in [0.05, 0.1) is 0 Å². The molecule has 0 spiro atoms. The fourth-order valence-electron chi connectivity index (χ4n) is 4.86. The van der Waals surface area contributed by atoms with Gasteiger partial charge >= 0.3 is 11.9 Å². The van der Waals surface area contributed by atoms with Crippen molar-refractivity contribution in [3.63, 3.8) is 0 Å². The highest BCUT2D eigenvalue weighted by molar-refractivity contribution is 7.10. The molecule has 0 bridgehead atoms. The van der Waals surface area contributed by atoms with Crippen molar-refractivity contribution < 1.29 is 24.2 Å². The third-order valence-electron chi connectivity index (χ3n) is 6.59. The molecule has 1 aliphatic carbocycles. The van der Waals surface area contributed by atoms with E-state index in [2.05, 4.69) is 46.7 Å². The number of para-hydroxylation sites is 1. The van der Waals surface area contributed by atoms with Crippen LogP contribution in [0.25, 0.3) is 11.0 Å². The molecule has 0 saturated carbocycles. The monoisotopic (exact) mass is 455 g/mol. The number of aryl methyl sites for hydroxylation is 1. The predicted molar refractivity (Wildman–Crippen MR) is 125 cm³/mol. The number of thiophene rings is 1. The van der Waals surface area contributed by atoms with Gasteiger partial charge in [-0.05, 0) is 93.2 Å². The number of hydrogen-bond acceptors (Lipinski definition) is 5. The lowest BCUT2D eigenvalue weighted by atomic mass is 9.85. The first-order chi connectivity index (χ1) is 15.5. The molecule has 2 aliphatic rings. The summed E-state index contributed by atoms with van der Waals surface area (Å²) in [5.74, 6) is -1.05. The molecule has 0 radical (unpaired) electrons. The van der Waals surface area contributed by atoms with Gasteiger partial charge in [-0.15, -0.1) is 11.3 Å². The summed E-state index contributed by atoms with van der Waals surface area (Å²) in [6.45, 7) is 3.68. The van der Waals surface area contributed by atoms with Crippen molar-refractivity contribution in [3.8, 4) is 0 Å². The molecule has 1 unspecified atom stereocenters. The van der Waals surface area contributed by atoms with Gasteiger partial charge in [-0.1, -0.05) is 18.2 Å². The Labute approximate surface area is 191 Å². The Balaban J connectivity index is 0.000000363. The number of furan rings is 1. The van der Waals surface area contributed by atoms with Gasteiger partial charge in [0.1, 0.15) is 11.3 Å². The van der Waals surface area contributed by atoms with Gasteiger partial charge in [-0.25, -0.2) is 9.59 Å². The van der Waals surface area contributed by atoms with E-state index >= 15 is 0 Å². The zero-order valence-electron chi connectivity index (χ0n) is 18.0. The van der Waals surface area contributed by atoms with Crippen molar-refractivity contribution in [3.05, 3.63) is 58.0 Å². The van der Waals surface area contributed by atoms with Crippen molar-refractivity contribution >= 4 is 34.2 Å². The zero-order valence-corrected chi connectivity index (χ0v) is 18.9. The van der Waals surface area contributed by atoms with Crippen molar-refractivity contribution in [2.24, 2.45) is 0 Å². The molecule has 2 N–H and O–H groups in total. The van der Waals surface area contributed by atoms with Crippen LogP contribution in [0.2, 0.25) is 0 Å². The molecule has 2 aromatic heterocycles. The second kappa shape index (κ2) is 10.3. The lowest BCUT2D eigenvalue weighted by molar-refractivity contribution is -0.159. The Morgan fingerprint density at radius 2 is 1.81 bits per heavy atom. The van der Waals surface area contributed by atoms with Gasteiger partial charge in [-0.2, -0.15) is 0 Å². The normalized spacial score (nSPS) is 19.2. The number of fused-ring (bicyclic) bond motifs is 2. The molecule has 5 rings (SSSR count). The van der Waals surface area contributed by atoms with Crippen LogP contribution in [0, 0.1) is 0 Å². The van der Waals surface area contributed by atoms with E-state index in [1.54, 1.807) is 10.4 Å². The SMILES string of the molecule is O=C(O)C(=O)O.c1ccc2oc(C3CCN(CCC4CCCc5sccc54)CC3)cc2c1. The third kappa shape index (κ3) is 5.40. The van der Waals surface area contributed by atoms with E-state index < -0.39 is 11.9 Å². The molecule has 6 nitrogen and oxygen atoms in total. The van der Waals surface area contributed by atoms with Gasteiger partial charge in [0.2, 0.25) is 0 Å². The smallest absolute Gasteiger partial charge is 0.414 e.